The van der Waals surface area contributed by atoms with Crippen LogP contribution in [0.15, 0.2) is 178 Å². The molecule has 0 spiro atoms. The van der Waals surface area contributed by atoms with E-state index in [1.807, 2.05) is 178 Å². The summed E-state index contributed by atoms with van der Waals surface area (Å²) in [5, 5.41) is 46.4. The maximum atomic E-state index is 12.8. The molecule has 1 atom stereocenters. The highest BCUT2D eigenvalue weighted by Crippen LogP contribution is 2.43. The zero-order valence-electron chi connectivity index (χ0n) is 72.9. The number of aromatic nitrogens is 20. The number of pyridine rings is 5. The van der Waals surface area contributed by atoms with Crippen LogP contribution in [0.1, 0.15) is 58.6 Å². The van der Waals surface area contributed by atoms with Crippen molar-refractivity contribution in [3.63, 3.8) is 0 Å². The summed E-state index contributed by atoms with van der Waals surface area (Å²) in [5.41, 5.74) is 12.3. The Morgan fingerprint density at radius 2 is 0.763 bits per heavy atom. The first-order valence-electron chi connectivity index (χ1n) is 42.6. The Hall–Kier alpha value is -14.4. The predicted octanol–water partition coefficient (Wildman–Crippen LogP) is 9.76. The minimum atomic E-state index is -3.27. The zero-order chi connectivity index (χ0) is 92.0. The largest absolute Gasteiger partial charge is 0.346 e. The highest BCUT2D eigenvalue weighted by molar-refractivity contribution is 7.96. The number of hydrogen-bond acceptors (Lipinski definition) is 19. The Morgan fingerprint density at radius 3 is 1.08 bits per heavy atom. The molecule has 0 radical (unpaired) electrons. The third-order valence-electron chi connectivity index (χ3n) is 25.6. The normalized spacial score (nSPS) is 17.5. The lowest BCUT2D eigenvalue weighted by molar-refractivity contribution is -0.143. The molecule has 131 heavy (non-hydrogen) atoms. The van der Waals surface area contributed by atoms with Crippen molar-refractivity contribution in [3.8, 4) is 67.8 Å². The Balaban J connectivity index is 0.000000115. The smallest absolute Gasteiger partial charge is 0.243 e. The highest BCUT2D eigenvalue weighted by atomic mass is 32.2. The van der Waals surface area contributed by atoms with E-state index in [1.54, 1.807) is 83.7 Å². The number of aromatic amines is 5. The second kappa shape index (κ2) is 35.3. The standard InChI is InChI=1S/C19H18N6O.C18H21N7OS.C18H20N6O2S.C18H18N6O.C17H18N6O2S/c1-20-10-19(11-24(12-19)18(26)13-2-3-13)25-9-14(8-23-25)15-4-6-21-17-16(15)5-7-22-17;1-19-11-18(12-24(13-18)27(4,26)23(2)3)25-10-14(9-22-25)15-5-7-20-17-16(15)6-8-21-17;1-3-27(25,26)23-11-18(12-23,6-7-19)24-10-16(13(2)22-24)14-4-8-20-17-15(14)5-9-21-17;1-3-16(25)23-11-18(12-23,10-19-2)24-9-13(8-22-24)14-4-6-20-17-15(14)5-7-21-17;1-2-26(24,25)22-11-17(12-22,5-6-18)23-10-13(9-21-23)14-3-7-19-16-15(14)4-8-20-16/h4-9,13H,2-3,10-12H2,(H,21,22);5-10H,4,11-13H2,2-3H3,(H,20,21);4-5,8-10H,3,6,11-12H2,1-2H3,(H,20,21);4-9H,3,10-12H2,1H3,(H,20,21);3-4,7-10H,2,5,11-12H2,1H3,(H,19,20). The SMILES string of the molecule is CCS(=O)(=O)N1CC(CC#N)(n2cc(-c3ccnc4[nH]ccc34)c(C)n2)C1.CCS(=O)(=O)N1CC(CC#N)(n2cc(-c3ccnc4[nH]ccc34)cn2)C1.[C-]#[N+]CC1(n2cc(-c3ccnc4[nH]ccc34)cn2)CN(C(=O)C2CC2)C1.[C-]#[N+]CC1(n2cc(-c3ccnc4[nH]ccc34)cn2)CN(C(=O)CC)C1.[C-]#[N+]CC1(n2cc(-c3ccnc4[nH]ccc34)cn2)CN(S(=C)(=O)N(C)C)C1. The Morgan fingerprint density at radius 1 is 0.450 bits per heavy atom. The van der Waals surface area contributed by atoms with Crippen LogP contribution >= 0.6 is 0 Å². The Labute approximate surface area is 755 Å². The van der Waals surface area contributed by atoms with Gasteiger partial charge in [0.05, 0.1) is 103 Å². The molecule has 0 aromatic carbocycles. The number of hydrogen-bond donors (Lipinski definition) is 5. The summed E-state index contributed by atoms with van der Waals surface area (Å²) in [6, 6.07) is 24.0. The highest BCUT2D eigenvalue weighted by Gasteiger charge is 2.56. The number of nitrogens with zero attached hydrogens (tertiary/aromatic N) is 26. The topological polar surface area (TPSA) is 432 Å². The van der Waals surface area contributed by atoms with Crippen LogP contribution in [0.2, 0.25) is 0 Å². The molecule has 38 nitrogen and oxygen atoms in total. The van der Waals surface area contributed by atoms with Crippen molar-refractivity contribution >= 4 is 103 Å². The van der Waals surface area contributed by atoms with E-state index in [0.717, 1.165) is 129 Å². The molecule has 6 fully saturated rings. The molecule has 5 saturated heterocycles. The predicted molar refractivity (Wildman–Crippen MR) is 495 cm³/mol. The van der Waals surface area contributed by atoms with Crippen LogP contribution in [0.5, 0.6) is 0 Å². The van der Waals surface area contributed by atoms with Crippen molar-refractivity contribution in [2.75, 3.05) is 111 Å². The lowest BCUT2D eigenvalue weighted by Gasteiger charge is -2.48. The third kappa shape index (κ3) is 16.5. The second-order valence-corrected chi connectivity index (χ2v) is 41.1. The van der Waals surface area contributed by atoms with E-state index in [1.165, 1.54) is 8.61 Å². The molecule has 0 bridgehead atoms. The summed E-state index contributed by atoms with van der Waals surface area (Å²) in [5.74, 6) is 4.54. The molecule has 20 heterocycles. The number of nitrogens with one attached hydrogen (secondary N) is 5. The number of rotatable bonds is 23. The third-order valence-corrected chi connectivity index (χ3v) is 31.3. The Kier molecular flexibility index (Phi) is 23.9. The van der Waals surface area contributed by atoms with Gasteiger partial charge in [0, 0.05) is 213 Å². The van der Waals surface area contributed by atoms with Crippen LogP contribution in [0.3, 0.4) is 0 Å². The fourth-order valence-electron chi connectivity index (χ4n) is 17.8. The fraction of sp³-hybridized carbons (Fsp3) is 0.356. The number of fused-ring (bicyclic) bond motifs is 5. The van der Waals surface area contributed by atoms with Gasteiger partial charge in [0.1, 0.15) is 39.3 Å². The van der Waals surface area contributed by atoms with Crippen LogP contribution in [0, 0.1) is 55.2 Å². The number of nitriles is 2. The van der Waals surface area contributed by atoms with Gasteiger partial charge in [0.2, 0.25) is 51.5 Å². The zero-order valence-corrected chi connectivity index (χ0v) is 75.3. The van der Waals surface area contributed by atoms with Gasteiger partial charge in [-0.15, -0.1) is 0 Å². The van der Waals surface area contributed by atoms with Crippen LogP contribution < -0.4 is 0 Å². The minimum Gasteiger partial charge on any atom is -0.346 e. The first-order valence-corrected chi connectivity index (χ1v) is 47.4. The minimum absolute atomic E-state index is 0.0570. The first-order chi connectivity index (χ1) is 63.1. The Bertz CT molecular complexity index is 7410. The molecule has 670 valence electrons. The van der Waals surface area contributed by atoms with E-state index in [-0.39, 0.29) is 74.8 Å². The number of carbonyl (C=O) groups is 2. The van der Waals surface area contributed by atoms with Gasteiger partial charge < -0.3 is 49.3 Å². The van der Waals surface area contributed by atoms with Crippen molar-refractivity contribution in [1.82, 2.24) is 126 Å². The summed E-state index contributed by atoms with van der Waals surface area (Å²) < 4.78 is 76.5. The molecule has 1 aliphatic carbocycles. The molecule has 2 amide bonds. The molecular formula is C90H95N31O7S3. The maximum absolute atomic E-state index is 12.8. The van der Waals surface area contributed by atoms with E-state index in [2.05, 4.69) is 108 Å². The van der Waals surface area contributed by atoms with Crippen LogP contribution in [-0.4, -0.2) is 275 Å². The number of H-pyrrole nitrogens is 5. The molecule has 15 aromatic heterocycles. The maximum Gasteiger partial charge on any atom is 0.243 e. The molecule has 5 aliphatic heterocycles. The molecular weight excluding hydrogens is 1720 g/mol. The van der Waals surface area contributed by atoms with Crippen molar-refractivity contribution < 1.29 is 30.6 Å². The number of amides is 2. The lowest BCUT2D eigenvalue weighted by atomic mass is 9.89. The van der Waals surface area contributed by atoms with Gasteiger partial charge in [-0.25, -0.2) is 74.3 Å². The van der Waals surface area contributed by atoms with E-state index in [9.17, 15) is 41.2 Å². The average Bonchev–Trinajstić information content (AvgIpc) is 1.58. The van der Waals surface area contributed by atoms with E-state index in [0.29, 0.717) is 58.8 Å². The molecule has 1 saturated carbocycles. The van der Waals surface area contributed by atoms with Gasteiger partial charge in [0.25, 0.3) is 0 Å². The summed E-state index contributed by atoms with van der Waals surface area (Å²) in [6.07, 6.45) is 37.9. The average molecular weight is 1820 g/mol. The van der Waals surface area contributed by atoms with E-state index in [4.69, 9.17) is 19.7 Å². The van der Waals surface area contributed by atoms with Gasteiger partial charge in [-0.1, -0.05) is 6.92 Å². The van der Waals surface area contributed by atoms with E-state index >= 15 is 0 Å². The number of likely N-dealkylation sites (tertiary alicyclic amines) is 2. The molecule has 15 aromatic rings. The van der Waals surface area contributed by atoms with Crippen molar-refractivity contribution in [2.45, 2.75) is 87.5 Å². The van der Waals surface area contributed by atoms with Crippen LogP contribution in [-0.2, 0) is 67.2 Å². The van der Waals surface area contributed by atoms with Gasteiger partial charge in [0.15, 0.2) is 16.6 Å². The van der Waals surface area contributed by atoms with Crippen molar-refractivity contribution in [2.24, 2.45) is 5.92 Å². The van der Waals surface area contributed by atoms with Crippen molar-refractivity contribution in [1.29, 1.82) is 10.5 Å². The van der Waals surface area contributed by atoms with Crippen LogP contribution in [0.4, 0.5) is 0 Å². The van der Waals surface area contributed by atoms with Gasteiger partial charge in [-0.2, -0.15) is 44.6 Å². The summed E-state index contributed by atoms with van der Waals surface area (Å²) in [7, 11) is -5.51. The number of sulfonamides is 2. The van der Waals surface area contributed by atoms with Crippen molar-refractivity contribution in [3.05, 3.63) is 218 Å². The molecule has 21 rings (SSSR count). The molecule has 41 heteroatoms. The fourth-order valence-corrected chi connectivity index (χ4v) is 21.6. The van der Waals surface area contributed by atoms with Gasteiger partial charge in [-0.05, 0) is 128 Å². The first kappa shape index (κ1) is 88.7. The van der Waals surface area contributed by atoms with Gasteiger partial charge in [-0.3, -0.25) is 33.0 Å². The monoisotopic (exact) mass is 1820 g/mol. The lowest BCUT2D eigenvalue weighted by Crippen LogP contribution is -2.67. The van der Waals surface area contributed by atoms with Gasteiger partial charge >= 0.3 is 0 Å². The number of carbonyl (C=O) groups excluding carboxylic acids is 2. The summed E-state index contributed by atoms with van der Waals surface area (Å²) >= 11 is 0. The molecule has 1 unspecified atom stereocenters. The summed E-state index contributed by atoms with van der Waals surface area (Å²) in [6.45, 7) is 34.2. The second-order valence-electron chi connectivity index (χ2n) is 34.1. The molecule has 6 aliphatic rings. The quantitative estimate of drug-likeness (QED) is 0.0293. The van der Waals surface area contributed by atoms with E-state index < -0.39 is 57.6 Å². The summed E-state index contributed by atoms with van der Waals surface area (Å²) in [4.78, 5) is 75.7. The number of aryl methyl sites for hydroxylation is 1. The van der Waals surface area contributed by atoms with Crippen LogP contribution in [0.25, 0.3) is 125 Å². The molecule has 5 N–H and O–H groups in total.